The Morgan fingerprint density at radius 3 is 2.93 bits per heavy atom. The molecule has 2 aromatic rings. The molecule has 9 heteroatoms. The number of rotatable bonds is 10. The molecule has 0 aliphatic rings. The SMILES string of the molecule is CCCOc1c(Cl)cc(C=NNc2nc(CC(=O)OCC)cs2)cc1OC. The normalized spacial score (nSPS) is 10.8. The van der Waals surface area contributed by atoms with Crippen molar-refractivity contribution in [2.75, 3.05) is 25.7 Å². The molecule has 1 aromatic heterocycles. The highest BCUT2D eigenvalue weighted by Crippen LogP contribution is 2.36. The van der Waals surface area contributed by atoms with E-state index in [1.54, 1.807) is 37.8 Å². The van der Waals surface area contributed by atoms with E-state index in [-0.39, 0.29) is 12.4 Å². The number of anilines is 1. The molecule has 0 saturated carbocycles. The fourth-order valence-corrected chi connectivity index (χ4v) is 3.05. The number of esters is 1. The Bertz CT molecular complexity index is 795. The minimum Gasteiger partial charge on any atom is -0.493 e. The van der Waals surface area contributed by atoms with Crippen molar-refractivity contribution in [2.24, 2.45) is 5.10 Å². The predicted octanol–water partition coefficient (Wildman–Crippen LogP) is 4.15. The van der Waals surface area contributed by atoms with Crippen molar-refractivity contribution in [3.8, 4) is 11.5 Å². The monoisotopic (exact) mass is 411 g/mol. The first-order valence-electron chi connectivity index (χ1n) is 8.46. The van der Waals surface area contributed by atoms with Crippen LogP contribution in [-0.4, -0.2) is 37.5 Å². The summed E-state index contributed by atoms with van der Waals surface area (Å²) in [6, 6.07) is 3.53. The Kier molecular flexibility index (Phi) is 8.35. The van der Waals surface area contributed by atoms with Gasteiger partial charge in [0, 0.05) is 5.38 Å². The molecule has 0 saturated heterocycles. The second-order valence-electron chi connectivity index (χ2n) is 5.38. The van der Waals surface area contributed by atoms with E-state index in [2.05, 4.69) is 15.5 Å². The number of aromatic nitrogens is 1. The smallest absolute Gasteiger partial charge is 0.311 e. The molecular formula is C18H22ClN3O4S. The lowest BCUT2D eigenvalue weighted by Crippen LogP contribution is -2.07. The number of carbonyl (C=O) groups excluding carboxylic acids is 1. The Morgan fingerprint density at radius 2 is 2.22 bits per heavy atom. The average Bonchev–Trinajstić information content (AvgIpc) is 3.07. The third-order valence-electron chi connectivity index (χ3n) is 3.26. The van der Waals surface area contributed by atoms with Gasteiger partial charge in [0.15, 0.2) is 11.5 Å². The van der Waals surface area contributed by atoms with Crippen molar-refractivity contribution in [1.29, 1.82) is 0 Å². The van der Waals surface area contributed by atoms with Crippen LogP contribution in [0.1, 0.15) is 31.5 Å². The van der Waals surface area contributed by atoms with E-state index >= 15 is 0 Å². The molecule has 27 heavy (non-hydrogen) atoms. The summed E-state index contributed by atoms with van der Waals surface area (Å²) < 4.78 is 15.9. The largest absolute Gasteiger partial charge is 0.493 e. The maximum atomic E-state index is 11.5. The van der Waals surface area contributed by atoms with Gasteiger partial charge in [-0.2, -0.15) is 5.10 Å². The van der Waals surface area contributed by atoms with Gasteiger partial charge < -0.3 is 14.2 Å². The summed E-state index contributed by atoms with van der Waals surface area (Å²) in [6.45, 7) is 4.70. The molecular weight excluding hydrogens is 390 g/mol. The molecule has 0 radical (unpaired) electrons. The van der Waals surface area contributed by atoms with Gasteiger partial charge in [0.05, 0.1) is 43.7 Å². The fourth-order valence-electron chi connectivity index (χ4n) is 2.12. The minimum absolute atomic E-state index is 0.141. The number of hydrogen-bond acceptors (Lipinski definition) is 8. The van der Waals surface area contributed by atoms with Crippen molar-refractivity contribution in [3.63, 3.8) is 0 Å². The van der Waals surface area contributed by atoms with E-state index in [0.717, 1.165) is 12.0 Å². The zero-order valence-electron chi connectivity index (χ0n) is 15.5. The number of thiazole rings is 1. The van der Waals surface area contributed by atoms with Crippen molar-refractivity contribution >= 4 is 40.3 Å². The molecule has 0 aliphatic carbocycles. The number of halogens is 1. The van der Waals surface area contributed by atoms with E-state index in [9.17, 15) is 4.79 Å². The number of methoxy groups -OCH3 is 1. The molecule has 0 fully saturated rings. The zero-order valence-corrected chi connectivity index (χ0v) is 17.0. The summed E-state index contributed by atoms with van der Waals surface area (Å²) in [5.41, 5.74) is 4.22. The van der Waals surface area contributed by atoms with Gasteiger partial charge in [-0.05, 0) is 31.0 Å². The van der Waals surface area contributed by atoms with Crippen LogP contribution >= 0.6 is 22.9 Å². The molecule has 0 unspecified atom stereocenters. The maximum absolute atomic E-state index is 11.5. The highest BCUT2D eigenvalue weighted by atomic mass is 35.5. The van der Waals surface area contributed by atoms with Crippen LogP contribution in [0.5, 0.6) is 11.5 Å². The highest BCUT2D eigenvalue weighted by molar-refractivity contribution is 7.13. The molecule has 146 valence electrons. The number of ether oxygens (including phenoxy) is 3. The van der Waals surface area contributed by atoms with E-state index in [1.807, 2.05) is 6.92 Å². The Labute approximate surface area is 167 Å². The number of nitrogens with zero attached hydrogens (tertiary/aromatic N) is 2. The molecule has 0 amide bonds. The molecule has 1 heterocycles. The van der Waals surface area contributed by atoms with Gasteiger partial charge in [0.2, 0.25) is 5.13 Å². The van der Waals surface area contributed by atoms with Crippen molar-refractivity contribution in [2.45, 2.75) is 26.7 Å². The second kappa shape index (κ2) is 10.7. The summed E-state index contributed by atoms with van der Waals surface area (Å²) in [6.07, 6.45) is 2.62. The number of benzene rings is 1. The third-order valence-corrected chi connectivity index (χ3v) is 4.34. The Balaban J connectivity index is 2.01. The zero-order chi connectivity index (χ0) is 19.6. The number of hydrogen-bond donors (Lipinski definition) is 1. The van der Waals surface area contributed by atoms with Gasteiger partial charge in [0.25, 0.3) is 0 Å². The van der Waals surface area contributed by atoms with Gasteiger partial charge in [-0.3, -0.25) is 10.2 Å². The summed E-state index contributed by atoms with van der Waals surface area (Å²) >= 11 is 7.63. The van der Waals surface area contributed by atoms with E-state index < -0.39 is 0 Å². The maximum Gasteiger partial charge on any atom is 0.311 e. The standard InChI is InChI=1S/C18H22ClN3O4S/c1-4-6-26-17-14(19)7-12(8-15(17)24-3)10-20-22-18-21-13(11-27-18)9-16(23)25-5-2/h7-8,10-11H,4-6,9H2,1-3H3,(H,21,22). The van der Waals surface area contributed by atoms with Crippen LogP contribution in [0.25, 0.3) is 0 Å². The first-order valence-corrected chi connectivity index (χ1v) is 9.72. The highest BCUT2D eigenvalue weighted by Gasteiger charge is 2.11. The third kappa shape index (κ3) is 6.41. The van der Waals surface area contributed by atoms with Crippen LogP contribution in [0.2, 0.25) is 5.02 Å². The number of hydrazone groups is 1. The van der Waals surface area contributed by atoms with Gasteiger partial charge in [-0.1, -0.05) is 18.5 Å². The van der Waals surface area contributed by atoms with Crippen LogP contribution < -0.4 is 14.9 Å². The number of nitrogens with one attached hydrogen (secondary N) is 1. The molecule has 0 aliphatic heterocycles. The van der Waals surface area contributed by atoms with Gasteiger partial charge in [-0.15, -0.1) is 11.3 Å². The topological polar surface area (TPSA) is 82.0 Å². The quantitative estimate of drug-likeness (QED) is 0.359. The summed E-state index contributed by atoms with van der Waals surface area (Å²) in [5, 5.41) is 6.97. The predicted molar refractivity (Wildman–Crippen MR) is 107 cm³/mol. The first-order chi connectivity index (χ1) is 13.1. The minimum atomic E-state index is -0.301. The molecule has 0 atom stereocenters. The molecule has 1 aromatic carbocycles. The van der Waals surface area contributed by atoms with Crippen LogP contribution in [0.4, 0.5) is 5.13 Å². The number of carbonyl (C=O) groups is 1. The van der Waals surface area contributed by atoms with E-state index in [4.69, 9.17) is 25.8 Å². The van der Waals surface area contributed by atoms with Crippen LogP contribution in [0.15, 0.2) is 22.6 Å². The summed E-state index contributed by atoms with van der Waals surface area (Å²) in [4.78, 5) is 15.7. The molecule has 7 nitrogen and oxygen atoms in total. The second-order valence-corrected chi connectivity index (χ2v) is 6.64. The molecule has 0 spiro atoms. The lowest BCUT2D eigenvalue weighted by atomic mass is 10.2. The van der Waals surface area contributed by atoms with Crippen LogP contribution in [0.3, 0.4) is 0 Å². The van der Waals surface area contributed by atoms with E-state index in [0.29, 0.717) is 40.6 Å². The van der Waals surface area contributed by atoms with E-state index in [1.165, 1.54) is 11.3 Å². The first kappa shape index (κ1) is 21.0. The van der Waals surface area contributed by atoms with Crippen LogP contribution in [-0.2, 0) is 16.0 Å². The summed E-state index contributed by atoms with van der Waals surface area (Å²) in [7, 11) is 1.56. The van der Waals surface area contributed by atoms with Crippen molar-refractivity contribution in [1.82, 2.24) is 4.98 Å². The molecule has 0 bridgehead atoms. The van der Waals surface area contributed by atoms with Gasteiger partial charge in [0.1, 0.15) is 0 Å². The van der Waals surface area contributed by atoms with Crippen LogP contribution in [0, 0.1) is 0 Å². The fraction of sp³-hybridized carbons (Fsp3) is 0.389. The Morgan fingerprint density at radius 1 is 1.41 bits per heavy atom. The average molecular weight is 412 g/mol. The molecule has 2 rings (SSSR count). The van der Waals surface area contributed by atoms with Gasteiger partial charge >= 0.3 is 5.97 Å². The lowest BCUT2D eigenvalue weighted by Gasteiger charge is -2.12. The lowest BCUT2D eigenvalue weighted by molar-refractivity contribution is -0.142. The molecule has 1 N–H and O–H groups in total. The van der Waals surface area contributed by atoms with Gasteiger partial charge in [-0.25, -0.2) is 4.98 Å². The van der Waals surface area contributed by atoms with Crippen molar-refractivity contribution < 1.29 is 19.0 Å². The Hall–Kier alpha value is -2.32. The summed E-state index contributed by atoms with van der Waals surface area (Å²) in [5.74, 6) is 0.767. The van der Waals surface area contributed by atoms with Crippen molar-refractivity contribution in [3.05, 3.63) is 33.8 Å².